The molecule has 2 aliphatic rings. The molecular weight excluding hydrogens is 905 g/mol. The van der Waals surface area contributed by atoms with Crippen molar-refractivity contribution in [2.24, 2.45) is 5.92 Å². The summed E-state index contributed by atoms with van der Waals surface area (Å²) in [4.78, 5) is 56.0. The van der Waals surface area contributed by atoms with Gasteiger partial charge in [0.05, 0.1) is 62.1 Å². The molecule has 4 aromatic heterocycles. The van der Waals surface area contributed by atoms with E-state index >= 15 is 0 Å². The van der Waals surface area contributed by atoms with Crippen LogP contribution in [0.3, 0.4) is 0 Å². The minimum Gasteiger partial charge on any atom is -0.493 e. The summed E-state index contributed by atoms with van der Waals surface area (Å²) in [6.45, 7) is 10.2. The van der Waals surface area contributed by atoms with Gasteiger partial charge in [-0.05, 0) is 107 Å². The number of aryl methyl sites for hydroxylation is 3. The van der Waals surface area contributed by atoms with Gasteiger partial charge in [-0.25, -0.2) is 14.8 Å². The number of likely N-dealkylation sites (tertiary alicyclic amines) is 1. The van der Waals surface area contributed by atoms with Gasteiger partial charge in [-0.2, -0.15) is 0 Å². The van der Waals surface area contributed by atoms with Crippen molar-refractivity contribution >= 4 is 61.6 Å². The predicted octanol–water partition coefficient (Wildman–Crippen LogP) is 9.27. The third kappa shape index (κ3) is 11.9. The Morgan fingerprint density at radius 2 is 1.75 bits per heavy atom. The van der Waals surface area contributed by atoms with E-state index in [9.17, 15) is 24.6 Å². The summed E-state index contributed by atoms with van der Waals surface area (Å²) in [6, 6.07) is 14.8. The van der Waals surface area contributed by atoms with E-state index in [0.717, 1.165) is 68.7 Å². The minimum atomic E-state index is -1.14. The van der Waals surface area contributed by atoms with E-state index in [1.807, 2.05) is 70.2 Å². The number of nitrogens with one attached hydrogen (secondary N) is 3. The first-order valence-corrected chi connectivity index (χ1v) is 25.1. The molecule has 2 aromatic carbocycles. The van der Waals surface area contributed by atoms with E-state index in [0.29, 0.717) is 53.2 Å². The van der Waals surface area contributed by atoms with Gasteiger partial charge in [0.1, 0.15) is 29.8 Å². The maximum atomic E-state index is 14.0. The number of unbranched alkanes of at least 4 members (excludes halogenated alkanes) is 1. The van der Waals surface area contributed by atoms with E-state index in [4.69, 9.17) is 14.0 Å². The van der Waals surface area contributed by atoms with Crippen molar-refractivity contribution in [3.05, 3.63) is 88.6 Å². The third-order valence-electron chi connectivity index (χ3n) is 12.6. The summed E-state index contributed by atoms with van der Waals surface area (Å²) < 4.78 is 18.4. The van der Waals surface area contributed by atoms with Gasteiger partial charge in [-0.1, -0.05) is 55.0 Å². The van der Waals surface area contributed by atoms with E-state index in [1.165, 1.54) is 17.8 Å². The molecule has 0 radical (unpaired) electrons. The molecule has 1 aliphatic heterocycles. The molecule has 5 heterocycles. The second-order valence-electron chi connectivity index (χ2n) is 18.2. The number of β-amino-alcohol motifs (C(OH)–C–C–N with tert-alkyl or cyclic N) is 1. The molecule has 360 valence electrons. The molecular formula is C50H60N8O8S2. The molecule has 2 fully saturated rings. The lowest BCUT2D eigenvalue weighted by Crippen LogP contribution is -2.50. The van der Waals surface area contributed by atoms with Crippen LogP contribution in [0.15, 0.2) is 64.8 Å². The molecule has 68 heavy (non-hydrogen) atoms. The zero-order chi connectivity index (χ0) is 47.9. The molecule has 18 heteroatoms. The van der Waals surface area contributed by atoms with Crippen molar-refractivity contribution in [3.63, 3.8) is 0 Å². The maximum absolute atomic E-state index is 14.0. The number of nitrogens with zero attached hydrogens (tertiary/aromatic N) is 5. The summed E-state index contributed by atoms with van der Waals surface area (Å²) in [5.41, 5.74) is 8.92. The summed E-state index contributed by atoms with van der Waals surface area (Å²) in [5.74, 6) is -0.00691. The number of carbonyl (C=O) groups is 3. The van der Waals surface area contributed by atoms with Crippen molar-refractivity contribution in [2.45, 2.75) is 129 Å². The number of amides is 3. The number of thiazole rings is 2. The normalized spacial score (nSPS) is 17.4. The molecule has 0 bridgehead atoms. The number of carbonyl (C=O) groups excluding carboxylic acids is 3. The highest BCUT2D eigenvalue weighted by Crippen LogP contribution is 2.35. The third-order valence-corrected chi connectivity index (χ3v) is 14.5. The summed E-state index contributed by atoms with van der Waals surface area (Å²) in [6.07, 6.45) is 6.12. The molecule has 0 spiro atoms. The average Bonchev–Trinajstić information content (AvgIpc) is 4.13. The second kappa shape index (κ2) is 22.1. The zero-order valence-corrected chi connectivity index (χ0v) is 40.8. The highest BCUT2D eigenvalue weighted by atomic mass is 32.1. The van der Waals surface area contributed by atoms with Gasteiger partial charge >= 0.3 is 6.09 Å². The number of aliphatic hydroxyl groups excluding tert-OH is 2. The highest BCUT2D eigenvalue weighted by Gasteiger charge is 2.43. The van der Waals surface area contributed by atoms with E-state index < -0.39 is 30.4 Å². The summed E-state index contributed by atoms with van der Waals surface area (Å²) >= 11 is 2.93. The van der Waals surface area contributed by atoms with Crippen LogP contribution in [0.2, 0.25) is 0 Å². The standard InChI is InChI=1S/C50H60N8O8S2/c1-28(2)45(42-19-29(3)57-66-42)48(62)58-26-36(59)23-40(58)47(61)52-24-34-15-14-33(46-31(5)53-27-67-46)21-41(34)64-18-10-9-13-44(60)56-49-54-38-17-16-32(22-43(38)68-49)35-20-39(30(4)51-25-35)55-50(63)65-37-11-7-6-8-12-37/h14-17,19-22,25,27-28,36-37,40,45,47,52,59,61H,6-13,18,23-24,26H2,1-5H3,(H,55,63)(H,54,56,60)/t36-,40+,45-,47?/m1/s1. The molecule has 4 atom stereocenters. The number of rotatable bonds is 18. The van der Waals surface area contributed by atoms with E-state index in [-0.39, 0.29) is 49.8 Å². The zero-order valence-electron chi connectivity index (χ0n) is 39.1. The van der Waals surface area contributed by atoms with Crippen molar-refractivity contribution in [3.8, 4) is 27.3 Å². The van der Waals surface area contributed by atoms with Crippen LogP contribution >= 0.6 is 22.7 Å². The monoisotopic (exact) mass is 964 g/mol. The van der Waals surface area contributed by atoms with Crippen molar-refractivity contribution < 1.29 is 38.6 Å². The summed E-state index contributed by atoms with van der Waals surface area (Å²) in [7, 11) is 0. The van der Waals surface area contributed by atoms with Gasteiger partial charge in [0.15, 0.2) is 5.13 Å². The Balaban J connectivity index is 0.852. The first-order chi connectivity index (χ1) is 32.8. The first kappa shape index (κ1) is 48.7. The first-order valence-electron chi connectivity index (χ1n) is 23.4. The Labute approximate surface area is 403 Å². The number of aromatic nitrogens is 4. The van der Waals surface area contributed by atoms with Crippen molar-refractivity contribution in [1.29, 1.82) is 0 Å². The van der Waals surface area contributed by atoms with E-state index in [2.05, 4.69) is 36.1 Å². The molecule has 3 amide bonds. The maximum Gasteiger partial charge on any atom is 0.411 e. The molecule has 16 nitrogen and oxygen atoms in total. The second-order valence-corrected chi connectivity index (χ2v) is 20.0. The average molecular weight is 965 g/mol. The summed E-state index contributed by atoms with van der Waals surface area (Å²) in [5, 5.41) is 35.7. The van der Waals surface area contributed by atoms with Crippen molar-refractivity contribution in [1.82, 2.24) is 30.3 Å². The Hall–Kier alpha value is -5.79. The fourth-order valence-corrected chi connectivity index (χ4v) is 10.7. The van der Waals surface area contributed by atoms with Crippen LogP contribution in [-0.2, 0) is 20.9 Å². The quantitative estimate of drug-likeness (QED) is 0.0402. The van der Waals surface area contributed by atoms with Gasteiger partial charge < -0.3 is 34.4 Å². The Bertz CT molecular complexity index is 2710. The molecule has 1 saturated heterocycles. The van der Waals surface area contributed by atoms with Crippen LogP contribution in [-0.4, -0.2) is 90.8 Å². The smallest absolute Gasteiger partial charge is 0.411 e. The number of aliphatic hydroxyl groups is 2. The molecule has 6 aromatic rings. The lowest BCUT2D eigenvalue weighted by Gasteiger charge is -2.32. The largest absolute Gasteiger partial charge is 0.493 e. The van der Waals surface area contributed by atoms with Gasteiger partial charge in [0.25, 0.3) is 0 Å². The Morgan fingerprint density at radius 1 is 0.941 bits per heavy atom. The SMILES string of the molecule is Cc1cc([C@H](C(=O)N2C[C@H](O)C[C@H]2C(O)NCc2ccc(-c3scnc3C)cc2OCCCCC(=O)Nc2nc3ccc(-c4cnc(C)c(NC(=O)OC5CCCCC5)c4)cc3s2)C(C)C)on1. The fourth-order valence-electron chi connectivity index (χ4n) is 8.95. The predicted molar refractivity (Wildman–Crippen MR) is 263 cm³/mol. The van der Waals surface area contributed by atoms with Crippen LogP contribution in [0.25, 0.3) is 31.8 Å². The number of hydrogen-bond donors (Lipinski definition) is 5. The lowest BCUT2D eigenvalue weighted by molar-refractivity contribution is -0.138. The number of fused-ring (bicyclic) bond motifs is 1. The van der Waals surface area contributed by atoms with Crippen LogP contribution in [0.5, 0.6) is 5.75 Å². The van der Waals surface area contributed by atoms with Crippen LogP contribution in [0.1, 0.15) is 106 Å². The van der Waals surface area contributed by atoms with Gasteiger partial charge in [-0.3, -0.25) is 25.2 Å². The molecule has 8 rings (SSSR count). The van der Waals surface area contributed by atoms with E-state index in [1.54, 1.807) is 40.9 Å². The van der Waals surface area contributed by atoms with Crippen molar-refractivity contribution in [2.75, 3.05) is 23.8 Å². The molecule has 1 unspecified atom stereocenters. The number of hydrogen-bond acceptors (Lipinski definition) is 15. The molecule has 5 N–H and O–H groups in total. The Morgan fingerprint density at radius 3 is 2.50 bits per heavy atom. The fraction of sp³-hybridized carbons (Fsp3) is 0.460. The highest BCUT2D eigenvalue weighted by molar-refractivity contribution is 7.22. The number of benzene rings is 2. The van der Waals surface area contributed by atoms with Crippen LogP contribution < -0.4 is 20.7 Å². The minimum absolute atomic E-state index is 0.0501. The van der Waals surface area contributed by atoms with Gasteiger partial charge in [0, 0.05) is 42.9 Å². The topological polar surface area (TPSA) is 214 Å². The number of ether oxygens (including phenoxy) is 2. The number of anilines is 2. The van der Waals surface area contributed by atoms with Gasteiger partial charge in [0.2, 0.25) is 11.8 Å². The van der Waals surface area contributed by atoms with Gasteiger partial charge in [-0.15, -0.1) is 11.3 Å². The lowest BCUT2D eigenvalue weighted by atomic mass is 9.91. The Kier molecular flexibility index (Phi) is 15.8. The number of pyridine rings is 1. The van der Waals surface area contributed by atoms with Crippen LogP contribution in [0.4, 0.5) is 15.6 Å². The van der Waals surface area contributed by atoms with Crippen LogP contribution in [0, 0.1) is 26.7 Å². The molecule has 1 aliphatic carbocycles. The molecule has 1 saturated carbocycles.